The van der Waals surface area contributed by atoms with Crippen LogP contribution in [0, 0.1) is 11.3 Å². The number of hydrogen-bond acceptors (Lipinski definition) is 3. The summed E-state index contributed by atoms with van der Waals surface area (Å²) >= 11 is 0. The van der Waals surface area contributed by atoms with Crippen LogP contribution < -0.4 is 10.6 Å². The van der Waals surface area contributed by atoms with Gasteiger partial charge < -0.3 is 15.4 Å². The quantitative estimate of drug-likeness (QED) is 0.235. The van der Waals surface area contributed by atoms with Crippen molar-refractivity contribution in [2.45, 2.75) is 91.0 Å². The van der Waals surface area contributed by atoms with Crippen molar-refractivity contribution in [3.63, 3.8) is 0 Å². The molecule has 2 N–H and O–H groups in total. The summed E-state index contributed by atoms with van der Waals surface area (Å²) in [4.78, 5) is 7.44. The van der Waals surface area contributed by atoms with Crippen LogP contribution in [0.15, 0.2) is 4.99 Å². The lowest BCUT2D eigenvalue weighted by atomic mass is 9.46. The van der Waals surface area contributed by atoms with Crippen molar-refractivity contribution in [2.75, 3.05) is 26.2 Å². The lowest BCUT2D eigenvalue weighted by Gasteiger charge is -2.63. The summed E-state index contributed by atoms with van der Waals surface area (Å²) in [5, 5.41) is 7.26. The first-order valence-electron chi connectivity index (χ1n) is 10.9. The SMILES string of the molecule is CCNC(=NCCCN(C(C)C)C(C)C)NC1C2CCOC2C12CCC2.I. The minimum Gasteiger partial charge on any atom is -0.377 e. The van der Waals surface area contributed by atoms with Crippen molar-refractivity contribution in [1.29, 1.82) is 0 Å². The molecule has 0 bridgehead atoms. The van der Waals surface area contributed by atoms with Crippen molar-refractivity contribution >= 4 is 29.9 Å². The molecule has 3 rings (SSSR count). The van der Waals surface area contributed by atoms with E-state index in [4.69, 9.17) is 9.73 Å². The highest BCUT2D eigenvalue weighted by molar-refractivity contribution is 14.0. The summed E-state index contributed by atoms with van der Waals surface area (Å²) in [6, 6.07) is 1.75. The molecule has 3 aliphatic rings. The molecule has 3 atom stereocenters. The van der Waals surface area contributed by atoms with Gasteiger partial charge in [0.25, 0.3) is 0 Å². The average Bonchev–Trinajstić information content (AvgIpc) is 2.95. The molecule has 0 amide bonds. The highest BCUT2D eigenvalue weighted by Gasteiger charge is 2.66. The number of fused-ring (bicyclic) bond motifs is 2. The van der Waals surface area contributed by atoms with Gasteiger partial charge in [-0.25, -0.2) is 0 Å². The van der Waals surface area contributed by atoms with Gasteiger partial charge in [0.1, 0.15) is 0 Å². The average molecular weight is 492 g/mol. The first-order valence-corrected chi connectivity index (χ1v) is 10.9. The van der Waals surface area contributed by atoms with E-state index in [0.717, 1.165) is 38.6 Å². The van der Waals surface area contributed by atoms with Crippen LogP contribution in [-0.2, 0) is 4.74 Å². The molecule has 5 nitrogen and oxygen atoms in total. The van der Waals surface area contributed by atoms with Gasteiger partial charge in [0, 0.05) is 55.7 Å². The van der Waals surface area contributed by atoms with E-state index in [1.54, 1.807) is 0 Å². The molecule has 0 aromatic heterocycles. The first kappa shape index (κ1) is 23.2. The molecule has 2 aliphatic carbocycles. The molecule has 1 aliphatic heterocycles. The van der Waals surface area contributed by atoms with E-state index in [1.165, 1.54) is 25.7 Å². The topological polar surface area (TPSA) is 48.9 Å². The second kappa shape index (κ2) is 10.1. The van der Waals surface area contributed by atoms with Crippen molar-refractivity contribution in [2.24, 2.45) is 16.3 Å². The van der Waals surface area contributed by atoms with E-state index in [9.17, 15) is 0 Å². The van der Waals surface area contributed by atoms with Gasteiger partial charge in [-0.15, -0.1) is 24.0 Å². The maximum Gasteiger partial charge on any atom is 0.191 e. The molecular weight excluding hydrogens is 451 g/mol. The van der Waals surface area contributed by atoms with E-state index in [0.29, 0.717) is 35.6 Å². The largest absolute Gasteiger partial charge is 0.377 e. The van der Waals surface area contributed by atoms with Crippen LogP contribution in [0.5, 0.6) is 0 Å². The summed E-state index contributed by atoms with van der Waals surface area (Å²) in [6.45, 7) is 15.1. The number of rotatable bonds is 8. The Morgan fingerprint density at radius 1 is 1.22 bits per heavy atom. The van der Waals surface area contributed by atoms with Crippen LogP contribution in [0.3, 0.4) is 0 Å². The maximum absolute atomic E-state index is 6.05. The number of hydrogen-bond donors (Lipinski definition) is 2. The Balaban J connectivity index is 0.00000261. The minimum atomic E-state index is 0. The summed E-state index contributed by atoms with van der Waals surface area (Å²) in [6.07, 6.45) is 6.84. The molecule has 0 aromatic carbocycles. The molecule has 0 radical (unpaired) electrons. The van der Waals surface area contributed by atoms with E-state index in [1.807, 2.05) is 0 Å². The zero-order valence-corrected chi connectivity index (χ0v) is 20.3. The van der Waals surface area contributed by atoms with Gasteiger partial charge >= 0.3 is 0 Å². The Kier molecular flexibility index (Phi) is 8.68. The van der Waals surface area contributed by atoms with Gasteiger partial charge in [-0.1, -0.05) is 6.42 Å². The number of halogens is 1. The minimum absolute atomic E-state index is 0. The van der Waals surface area contributed by atoms with Gasteiger partial charge in [0.05, 0.1) is 6.10 Å². The summed E-state index contributed by atoms with van der Waals surface area (Å²) < 4.78 is 6.05. The van der Waals surface area contributed by atoms with E-state index in [-0.39, 0.29) is 24.0 Å². The van der Waals surface area contributed by atoms with Gasteiger partial charge in [0.2, 0.25) is 0 Å². The number of nitrogens with zero attached hydrogens (tertiary/aromatic N) is 2. The predicted octanol–water partition coefficient (Wildman–Crippen LogP) is 3.63. The summed E-state index contributed by atoms with van der Waals surface area (Å²) in [7, 11) is 0. The third-order valence-corrected chi connectivity index (χ3v) is 6.84. The summed E-state index contributed by atoms with van der Waals surface area (Å²) in [5.41, 5.74) is 0.406. The van der Waals surface area contributed by atoms with Crippen molar-refractivity contribution in [3.8, 4) is 0 Å². The molecule has 6 heteroatoms. The number of ether oxygens (including phenoxy) is 1. The van der Waals surface area contributed by atoms with Crippen molar-refractivity contribution < 1.29 is 4.74 Å². The number of aliphatic imine (C=N–C) groups is 1. The zero-order valence-electron chi connectivity index (χ0n) is 18.0. The second-order valence-electron chi connectivity index (χ2n) is 8.99. The molecule has 2 saturated carbocycles. The molecule has 3 fully saturated rings. The lowest BCUT2D eigenvalue weighted by Crippen LogP contribution is -2.72. The molecule has 0 aromatic rings. The van der Waals surface area contributed by atoms with Crippen molar-refractivity contribution in [3.05, 3.63) is 0 Å². The molecule has 1 heterocycles. The first-order chi connectivity index (χ1) is 12.5. The van der Waals surface area contributed by atoms with E-state index >= 15 is 0 Å². The number of nitrogens with one attached hydrogen (secondary N) is 2. The smallest absolute Gasteiger partial charge is 0.191 e. The molecule has 3 unspecified atom stereocenters. The van der Waals surface area contributed by atoms with Gasteiger partial charge in [-0.05, 0) is 60.3 Å². The van der Waals surface area contributed by atoms with Crippen LogP contribution in [0.1, 0.15) is 66.7 Å². The Morgan fingerprint density at radius 3 is 2.48 bits per heavy atom. The monoisotopic (exact) mass is 492 g/mol. The summed E-state index contributed by atoms with van der Waals surface area (Å²) in [5.74, 6) is 1.70. The van der Waals surface area contributed by atoms with Crippen molar-refractivity contribution in [1.82, 2.24) is 15.5 Å². The van der Waals surface area contributed by atoms with Crippen LogP contribution in [0.4, 0.5) is 0 Å². The second-order valence-corrected chi connectivity index (χ2v) is 8.99. The Morgan fingerprint density at radius 2 is 1.93 bits per heavy atom. The molecule has 1 spiro atoms. The van der Waals surface area contributed by atoms with E-state index < -0.39 is 0 Å². The van der Waals surface area contributed by atoms with Crippen LogP contribution in [0.2, 0.25) is 0 Å². The molecule has 1 saturated heterocycles. The van der Waals surface area contributed by atoms with Gasteiger partial charge in [-0.2, -0.15) is 0 Å². The Bertz CT molecular complexity index is 485. The maximum atomic E-state index is 6.05. The third-order valence-electron chi connectivity index (χ3n) is 6.84. The third kappa shape index (κ3) is 4.74. The zero-order chi connectivity index (χ0) is 18.7. The fraction of sp³-hybridized carbons (Fsp3) is 0.952. The van der Waals surface area contributed by atoms with Gasteiger partial charge in [0.15, 0.2) is 5.96 Å². The predicted molar refractivity (Wildman–Crippen MR) is 124 cm³/mol. The highest BCUT2D eigenvalue weighted by Crippen LogP contribution is 2.62. The fourth-order valence-corrected chi connectivity index (χ4v) is 5.48. The molecule has 27 heavy (non-hydrogen) atoms. The highest BCUT2D eigenvalue weighted by atomic mass is 127. The standard InChI is InChI=1S/C21H40N4O.HI/c1-6-22-20(23-12-8-13-25(15(2)3)16(4)5)24-18-17-9-14-26-19(17)21(18)10-7-11-21;/h15-19H,6-14H2,1-5H3,(H2,22,23,24);1H. The normalized spacial score (nSPS) is 28.7. The van der Waals surface area contributed by atoms with Crippen LogP contribution in [-0.4, -0.2) is 61.3 Å². The Labute approximate surface area is 183 Å². The lowest BCUT2D eigenvalue weighted by molar-refractivity contribution is -0.171. The fourth-order valence-electron chi connectivity index (χ4n) is 5.48. The van der Waals surface area contributed by atoms with Crippen LogP contribution >= 0.6 is 24.0 Å². The molecule has 158 valence electrons. The van der Waals surface area contributed by atoms with E-state index in [2.05, 4.69) is 50.2 Å². The van der Waals surface area contributed by atoms with Crippen LogP contribution in [0.25, 0.3) is 0 Å². The van der Waals surface area contributed by atoms with Gasteiger partial charge in [-0.3, -0.25) is 9.89 Å². The number of guanidine groups is 1. The Hall–Kier alpha value is -0.0800. The molecular formula is C21H41IN4O.